The van der Waals surface area contributed by atoms with Gasteiger partial charge in [0.05, 0.1) is 6.07 Å². The molecule has 82 valence electrons. The molecule has 1 aromatic heterocycles. The number of benzene rings is 1. The monoisotopic (exact) mass is 218 g/mol. The first-order valence-electron chi connectivity index (χ1n) is 4.69. The Morgan fingerprint density at radius 2 is 2.12 bits per heavy atom. The SMILES string of the molecule is NC(=O)c1cc(OCc2ccccc2)no1. The number of nitrogens with zero attached hydrogens (tertiary/aromatic N) is 1. The Balaban J connectivity index is 1.97. The fourth-order valence-corrected chi connectivity index (χ4v) is 1.17. The van der Waals surface area contributed by atoms with E-state index in [0.717, 1.165) is 5.56 Å². The quantitative estimate of drug-likeness (QED) is 0.840. The lowest BCUT2D eigenvalue weighted by Crippen LogP contribution is -2.09. The highest BCUT2D eigenvalue weighted by molar-refractivity contribution is 5.89. The average Bonchev–Trinajstić information content (AvgIpc) is 2.76. The summed E-state index contributed by atoms with van der Waals surface area (Å²) in [4.78, 5) is 10.7. The zero-order valence-electron chi connectivity index (χ0n) is 8.42. The molecule has 0 atom stereocenters. The number of hydrogen-bond donors (Lipinski definition) is 1. The van der Waals surface area contributed by atoms with Gasteiger partial charge in [0.15, 0.2) is 0 Å². The molecule has 2 rings (SSSR count). The molecule has 1 aromatic carbocycles. The van der Waals surface area contributed by atoms with E-state index in [4.69, 9.17) is 10.5 Å². The van der Waals surface area contributed by atoms with Crippen LogP contribution in [0.25, 0.3) is 0 Å². The molecule has 5 nitrogen and oxygen atoms in total. The minimum atomic E-state index is -0.665. The van der Waals surface area contributed by atoms with E-state index in [-0.39, 0.29) is 11.6 Å². The van der Waals surface area contributed by atoms with E-state index in [2.05, 4.69) is 9.68 Å². The van der Waals surface area contributed by atoms with Crippen molar-refractivity contribution in [3.05, 3.63) is 47.7 Å². The van der Waals surface area contributed by atoms with Gasteiger partial charge in [-0.15, -0.1) is 0 Å². The van der Waals surface area contributed by atoms with Gasteiger partial charge in [0.25, 0.3) is 11.8 Å². The number of nitrogens with two attached hydrogens (primary N) is 1. The summed E-state index contributed by atoms with van der Waals surface area (Å²) in [6.45, 7) is 0.367. The molecule has 0 fully saturated rings. The van der Waals surface area contributed by atoms with Gasteiger partial charge >= 0.3 is 0 Å². The maximum Gasteiger partial charge on any atom is 0.287 e. The first-order valence-corrected chi connectivity index (χ1v) is 4.69. The molecule has 5 heteroatoms. The molecule has 0 aliphatic rings. The molecule has 0 saturated carbocycles. The van der Waals surface area contributed by atoms with Crippen molar-refractivity contribution in [2.45, 2.75) is 6.61 Å². The number of hydrogen-bond acceptors (Lipinski definition) is 4. The minimum absolute atomic E-state index is 0.0111. The fourth-order valence-electron chi connectivity index (χ4n) is 1.17. The molecule has 0 unspecified atom stereocenters. The van der Waals surface area contributed by atoms with Gasteiger partial charge in [0, 0.05) is 0 Å². The summed E-state index contributed by atoms with van der Waals surface area (Å²) in [5, 5.41) is 3.55. The second kappa shape index (κ2) is 4.48. The van der Waals surface area contributed by atoms with Gasteiger partial charge in [0.2, 0.25) is 5.76 Å². The van der Waals surface area contributed by atoms with Crippen LogP contribution in [0.3, 0.4) is 0 Å². The van der Waals surface area contributed by atoms with Gasteiger partial charge in [-0.3, -0.25) is 4.79 Å². The number of aromatic nitrogens is 1. The Labute approximate surface area is 91.8 Å². The van der Waals surface area contributed by atoms with Crippen LogP contribution in [0.2, 0.25) is 0 Å². The molecule has 2 N–H and O–H groups in total. The van der Waals surface area contributed by atoms with Crippen LogP contribution in [-0.2, 0) is 6.61 Å². The lowest BCUT2D eigenvalue weighted by Gasteiger charge is -2.00. The molecule has 0 radical (unpaired) electrons. The third-order valence-electron chi connectivity index (χ3n) is 1.96. The lowest BCUT2D eigenvalue weighted by atomic mass is 10.2. The molecular weight excluding hydrogens is 208 g/mol. The van der Waals surface area contributed by atoms with Crippen molar-refractivity contribution in [3.63, 3.8) is 0 Å². The Hall–Kier alpha value is -2.30. The van der Waals surface area contributed by atoms with Gasteiger partial charge < -0.3 is 15.0 Å². The predicted molar refractivity (Wildman–Crippen MR) is 55.8 cm³/mol. The summed E-state index contributed by atoms with van der Waals surface area (Å²) < 4.78 is 9.98. The molecular formula is C11H10N2O3. The Morgan fingerprint density at radius 1 is 1.38 bits per heavy atom. The highest BCUT2D eigenvalue weighted by atomic mass is 16.5. The van der Waals surface area contributed by atoms with Crippen LogP contribution in [0.5, 0.6) is 5.88 Å². The van der Waals surface area contributed by atoms with Crippen LogP contribution in [0.4, 0.5) is 0 Å². The molecule has 0 aliphatic heterocycles. The molecule has 16 heavy (non-hydrogen) atoms. The molecule has 0 spiro atoms. The summed E-state index contributed by atoms with van der Waals surface area (Å²) in [7, 11) is 0. The van der Waals surface area contributed by atoms with Crippen LogP contribution < -0.4 is 10.5 Å². The van der Waals surface area contributed by atoms with Gasteiger partial charge in [-0.05, 0) is 10.7 Å². The van der Waals surface area contributed by atoms with Gasteiger partial charge in [-0.25, -0.2) is 0 Å². The van der Waals surface area contributed by atoms with Crippen LogP contribution in [0.15, 0.2) is 40.9 Å². The first-order chi connectivity index (χ1) is 7.75. The van der Waals surface area contributed by atoms with Crippen molar-refractivity contribution in [1.82, 2.24) is 5.16 Å². The number of ether oxygens (including phenoxy) is 1. The number of carbonyl (C=O) groups excluding carboxylic acids is 1. The number of amides is 1. The van der Waals surface area contributed by atoms with E-state index in [0.29, 0.717) is 6.61 Å². The normalized spacial score (nSPS) is 10.0. The molecule has 0 bridgehead atoms. The van der Waals surface area contributed by atoms with E-state index in [9.17, 15) is 4.79 Å². The lowest BCUT2D eigenvalue weighted by molar-refractivity contribution is 0.0964. The van der Waals surface area contributed by atoms with E-state index < -0.39 is 5.91 Å². The van der Waals surface area contributed by atoms with Gasteiger partial charge in [-0.2, -0.15) is 0 Å². The number of primary amides is 1. The summed E-state index contributed by atoms with van der Waals surface area (Å²) in [5.41, 5.74) is 6.01. The smallest absolute Gasteiger partial charge is 0.287 e. The number of rotatable bonds is 4. The standard InChI is InChI=1S/C11H10N2O3/c12-11(14)9-6-10(13-16-9)15-7-8-4-2-1-3-5-8/h1-6H,7H2,(H2,12,14). The Bertz CT molecular complexity index is 479. The van der Waals surface area contributed by atoms with Crippen molar-refractivity contribution in [2.24, 2.45) is 5.73 Å². The summed E-state index contributed by atoms with van der Waals surface area (Å²) in [6.07, 6.45) is 0. The summed E-state index contributed by atoms with van der Waals surface area (Å²) in [6, 6.07) is 11.0. The van der Waals surface area contributed by atoms with Crippen molar-refractivity contribution in [1.29, 1.82) is 0 Å². The first kappa shape index (κ1) is 10.2. The average molecular weight is 218 g/mol. The second-order valence-electron chi connectivity index (χ2n) is 3.17. The Kier molecular flexibility index (Phi) is 2.86. The zero-order valence-corrected chi connectivity index (χ0v) is 8.42. The van der Waals surface area contributed by atoms with Crippen LogP contribution in [0.1, 0.15) is 16.1 Å². The summed E-state index contributed by atoms with van der Waals surface area (Å²) in [5.74, 6) is -0.428. The van der Waals surface area contributed by atoms with Crippen LogP contribution in [0, 0.1) is 0 Å². The maximum absolute atomic E-state index is 10.7. The maximum atomic E-state index is 10.7. The third kappa shape index (κ3) is 2.38. The third-order valence-corrected chi connectivity index (χ3v) is 1.96. The Morgan fingerprint density at radius 3 is 2.75 bits per heavy atom. The highest BCUT2D eigenvalue weighted by Gasteiger charge is 2.09. The summed E-state index contributed by atoms with van der Waals surface area (Å²) >= 11 is 0. The largest absolute Gasteiger partial charge is 0.471 e. The highest BCUT2D eigenvalue weighted by Crippen LogP contribution is 2.12. The molecule has 2 aromatic rings. The van der Waals surface area contributed by atoms with Gasteiger partial charge in [-0.1, -0.05) is 30.3 Å². The van der Waals surface area contributed by atoms with Crippen LogP contribution >= 0.6 is 0 Å². The molecule has 1 heterocycles. The molecule has 1 amide bonds. The molecule has 0 saturated heterocycles. The number of carbonyl (C=O) groups is 1. The van der Waals surface area contributed by atoms with E-state index in [1.54, 1.807) is 0 Å². The minimum Gasteiger partial charge on any atom is -0.471 e. The van der Waals surface area contributed by atoms with Gasteiger partial charge in [0.1, 0.15) is 6.61 Å². The molecule has 0 aliphatic carbocycles. The van der Waals surface area contributed by atoms with Crippen molar-refractivity contribution < 1.29 is 14.1 Å². The topological polar surface area (TPSA) is 78.4 Å². The predicted octanol–water partition coefficient (Wildman–Crippen LogP) is 1.35. The van der Waals surface area contributed by atoms with Crippen molar-refractivity contribution in [2.75, 3.05) is 0 Å². The van der Waals surface area contributed by atoms with Crippen molar-refractivity contribution >= 4 is 5.91 Å². The zero-order chi connectivity index (χ0) is 11.4. The van der Waals surface area contributed by atoms with E-state index in [1.807, 2.05) is 30.3 Å². The van der Waals surface area contributed by atoms with E-state index >= 15 is 0 Å². The van der Waals surface area contributed by atoms with Crippen molar-refractivity contribution in [3.8, 4) is 5.88 Å². The van der Waals surface area contributed by atoms with Crippen LogP contribution in [-0.4, -0.2) is 11.1 Å². The van der Waals surface area contributed by atoms with E-state index in [1.165, 1.54) is 6.07 Å². The second-order valence-corrected chi connectivity index (χ2v) is 3.17. The fraction of sp³-hybridized carbons (Fsp3) is 0.0909.